The second-order valence-corrected chi connectivity index (χ2v) is 5.57. The maximum atomic E-state index is 12.1. The largest absolute Gasteiger partial charge is 0.386 e. The molecule has 3 atom stereocenters. The molecule has 0 bridgehead atoms. The number of carbonyl (C=O) groups excluding carboxylic acids is 1. The molecule has 2 aromatic carbocycles. The minimum absolute atomic E-state index is 0.0268. The maximum absolute atomic E-state index is 12.1. The number of benzene rings is 2. The van der Waals surface area contributed by atoms with E-state index in [9.17, 15) is 9.90 Å². The van der Waals surface area contributed by atoms with Crippen molar-refractivity contribution < 1.29 is 9.90 Å². The second-order valence-electron chi connectivity index (χ2n) is 5.57. The topological polar surface area (TPSA) is 40.5 Å². The molecule has 1 fully saturated rings. The summed E-state index contributed by atoms with van der Waals surface area (Å²) in [6, 6.07) is 19.3. The second kappa shape index (κ2) is 5.70. The van der Waals surface area contributed by atoms with Crippen molar-refractivity contribution in [1.29, 1.82) is 0 Å². The highest BCUT2D eigenvalue weighted by Gasteiger charge is 2.42. The standard InChI is InChI=1S/C18H19NO2/c1-19-16(20)12-15(13-8-4-2-5-9-13)17(19)18(21)14-10-6-3-7-11-14/h2-11,15,17-18,21H,12H2,1H3/t15-,17-,18?/m0/s1. The summed E-state index contributed by atoms with van der Waals surface area (Å²) in [5, 5.41) is 10.7. The first-order chi connectivity index (χ1) is 10.2. The number of likely N-dealkylation sites (N-methyl/N-ethyl adjacent to an activating group) is 1. The van der Waals surface area contributed by atoms with Gasteiger partial charge in [-0.05, 0) is 11.1 Å². The number of aliphatic hydroxyl groups excluding tert-OH is 1. The summed E-state index contributed by atoms with van der Waals surface area (Å²) in [6.07, 6.45) is -0.220. The lowest BCUT2D eigenvalue weighted by Crippen LogP contribution is -2.36. The molecular formula is C18H19NO2. The number of carbonyl (C=O) groups is 1. The molecule has 108 valence electrons. The third kappa shape index (κ3) is 2.57. The first kappa shape index (κ1) is 13.8. The van der Waals surface area contributed by atoms with Crippen LogP contribution in [0.1, 0.15) is 29.6 Å². The van der Waals surface area contributed by atoms with Gasteiger partial charge in [-0.15, -0.1) is 0 Å². The molecule has 21 heavy (non-hydrogen) atoms. The number of rotatable bonds is 3. The van der Waals surface area contributed by atoms with Gasteiger partial charge in [-0.3, -0.25) is 4.79 Å². The Hall–Kier alpha value is -2.13. The van der Waals surface area contributed by atoms with E-state index in [-0.39, 0.29) is 17.9 Å². The molecule has 1 aliphatic rings. The van der Waals surface area contributed by atoms with E-state index >= 15 is 0 Å². The van der Waals surface area contributed by atoms with Gasteiger partial charge in [0.1, 0.15) is 0 Å². The van der Waals surface area contributed by atoms with E-state index in [1.54, 1.807) is 11.9 Å². The van der Waals surface area contributed by atoms with Crippen molar-refractivity contribution in [2.24, 2.45) is 0 Å². The Morgan fingerprint density at radius 2 is 1.62 bits per heavy atom. The Balaban J connectivity index is 1.95. The number of amides is 1. The minimum atomic E-state index is -0.673. The van der Waals surface area contributed by atoms with E-state index in [1.807, 2.05) is 60.7 Å². The molecule has 0 radical (unpaired) electrons. The van der Waals surface area contributed by atoms with Crippen molar-refractivity contribution in [3.8, 4) is 0 Å². The SMILES string of the molecule is CN1C(=O)C[C@@H](c2ccccc2)[C@H]1C(O)c1ccccc1. The minimum Gasteiger partial charge on any atom is -0.386 e. The molecule has 1 saturated heterocycles. The number of hydrogen-bond acceptors (Lipinski definition) is 2. The molecule has 3 heteroatoms. The molecule has 1 unspecified atom stereocenters. The zero-order valence-electron chi connectivity index (χ0n) is 12.0. The molecule has 0 saturated carbocycles. The quantitative estimate of drug-likeness (QED) is 0.939. The molecule has 1 aliphatic heterocycles. The predicted molar refractivity (Wildman–Crippen MR) is 81.8 cm³/mol. The van der Waals surface area contributed by atoms with Crippen LogP contribution in [0, 0.1) is 0 Å². The van der Waals surface area contributed by atoms with E-state index in [0.717, 1.165) is 11.1 Å². The summed E-state index contributed by atoms with van der Waals surface area (Å²) in [5.74, 6) is 0.114. The van der Waals surface area contributed by atoms with Crippen molar-refractivity contribution in [2.45, 2.75) is 24.5 Å². The van der Waals surface area contributed by atoms with Crippen molar-refractivity contribution in [2.75, 3.05) is 7.05 Å². The van der Waals surface area contributed by atoms with Gasteiger partial charge in [-0.25, -0.2) is 0 Å². The maximum Gasteiger partial charge on any atom is 0.223 e. The molecule has 1 amide bonds. The van der Waals surface area contributed by atoms with E-state index in [1.165, 1.54) is 0 Å². The van der Waals surface area contributed by atoms with Gasteiger partial charge in [0.2, 0.25) is 5.91 Å². The Morgan fingerprint density at radius 3 is 2.24 bits per heavy atom. The van der Waals surface area contributed by atoms with Gasteiger partial charge in [0.15, 0.2) is 0 Å². The summed E-state index contributed by atoms with van der Waals surface area (Å²) in [4.78, 5) is 13.8. The fourth-order valence-electron chi connectivity index (χ4n) is 3.18. The Labute approximate surface area is 124 Å². The number of aliphatic hydroxyl groups is 1. The third-order valence-corrected chi connectivity index (χ3v) is 4.34. The molecule has 1 N–H and O–H groups in total. The molecule has 0 spiro atoms. The lowest BCUT2D eigenvalue weighted by Gasteiger charge is -2.30. The average Bonchev–Trinajstić information content (AvgIpc) is 2.84. The van der Waals surface area contributed by atoms with Crippen LogP contribution in [0.25, 0.3) is 0 Å². The Bertz CT molecular complexity index is 612. The van der Waals surface area contributed by atoms with Crippen LogP contribution in [-0.4, -0.2) is 29.0 Å². The zero-order valence-corrected chi connectivity index (χ0v) is 12.0. The molecule has 3 nitrogen and oxygen atoms in total. The van der Waals surface area contributed by atoms with E-state index in [4.69, 9.17) is 0 Å². The van der Waals surface area contributed by atoms with Crippen LogP contribution in [-0.2, 0) is 4.79 Å². The van der Waals surface area contributed by atoms with E-state index < -0.39 is 6.10 Å². The van der Waals surface area contributed by atoms with Gasteiger partial charge >= 0.3 is 0 Å². The van der Waals surface area contributed by atoms with Gasteiger partial charge in [-0.2, -0.15) is 0 Å². The van der Waals surface area contributed by atoms with Crippen molar-refractivity contribution in [3.05, 3.63) is 71.8 Å². The number of likely N-dealkylation sites (tertiary alicyclic amines) is 1. The van der Waals surface area contributed by atoms with Crippen molar-refractivity contribution in [1.82, 2.24) is 4.90 Å². The summed E-state index contributed by atoms with van der Waals surface area (Å²) < 4.78 is 0. The van der Waals surface area contributed by atoms with Crippen LogP contribution in [0.2, 0.25) is 0 Å². The van der Waals surface area contributed by atoms with Gasteiger partial charge in [0.05, 0.1) is 12.1 Å². The smallest absolute Gasteiger partial charge is 0.223 e. The van der Waals surface area contributed by atoms with Crippen LogP contribution < -0.4 is 0 Å². The highest BCUT2D eigenvalue weighted by molar-refractivity contribution is 5.80. The van der Waals surface area contributed by atoms with Gasteiger partial charge in [0, 0.05) is 19.4 Å². The van der Waals surface area contributed by atoms with Gasteiger partial charge in [-0.1, -0.05) is 60.7 Å². The monoisotopic (exact) mass is 281 g/mol. The van der Waals surface area contributed by atoms with Crippen LogP contribution >= 0.6 is 0 Å². The summed E-state index contributed by atoms with van der Waals surface area (Å²) in [5.41, 5.74) is 1.96. The fourth-order valence-corrected chi connectivity index (χ4v) is 3.18. The van der Waals surface area contributed by atoms with Crippen molar-refractivity contribution >= 4 is 5.91 Å². The lowest BCUT2D eigenvalue weighted by molar-refractivity contribution is -0.128. The fraction of sp³-hybridized carbons (Fsp3) is 0.278. The molecule has 2 aromatic rings. The number of hydrogen-bond donors (Lipinski definition) is 1. The Kier molecular flexibility index (Phi) is 3.76. The molecule has 0 aliphatic carbocycles. The predicted octanol–water partition coefficient (Wildman–Crippen LogP) is 2.73. The lowest BCUT2D eigenvalue weighted by atomic mass is 9.86. The first-order valence-corrected chi connectivity index (χ1v) is 7.22. The van der Waals surface area contributed by atoms with Crippen LogP contribution in [0.4, 0.5) is 0 Å². The van der Waals surface area contributed by atoms with Gasteiger partial charge in [0.25, 0.3) is 0 Å². The van der Waals surface area contributed by atoms with E-state index in [2.05, 4.69) is 0 Å². The van der Waals surface area contributed by atoms with E-state index in [0.29, 0.717) is 6.42 Å². The van der Waals surface area contributed by atoms with Crippen LogP contribution in [0.5, 0.6) is 0 Å². The van der Waals surface area contributed by atoms with Crippen molar-refractivity contribution in [3.63, 3.8) is 0 Å². The zero-order chi connectivity index (χ0) is 14.8. The molecule has 3 rings (SSSR count). The van der Waals surface area contributed by atoms with Crippen LogP contribution in [0.15, 0.2) is 60.7 Å². The summed E-state index contributed by atoms with van der Waals surface area (Å²) >= 11 is 0. The highest BCUT2D eigenvalue weighted by atomic mass is 16.3. The number of nitrogens with zero attached hydrogens (tertiary/aromatic N) is 1. The van der Waals surface area contributed by atoms with Crippen LogP contribution in [0.3, 0.4) is 0 Å². The first-order valence-electron chi connectivity index (χ1n) is 7.22. The molecule has 0 aromatic heterocycles. The summed E-state index contributed by atoms with van der Waals surface area (Å²) in [6.45, 7) is 0. The third-order valence-electron chi connectivity index (χ3n) is 4.34. The van der Waals surface area contributed by atoms with Gasteiger partial charge < -0.3 is 10.0 Å². The Morgan fingerprint density at radius 1 is 1.05 bits per heavy atom. The molecule has 1 heterocycles. The summed E-state index contributed by atoms with van der Waals surface area (Å²) in [7, 11) is 1.78. The average molecular weight is 281 g/mol. The normalized spacial score (nSPS) is 23.3. The molecular weight excluding hydrogens is 262 g/mol. The highest BCUT2D eigenvalue weighted by Crippen LogP contribution is 2.39.